The highest BCUT2D eigenvalue weighted by Gasteiger charge is 2.40. The van der Waals surface area contributed by atoms with Crippen molar-refractivity contribution in [2.24, 2.45) is 4.99 Å². The first-order valence-electron chi connectivity index (χ1n) is 9.35. The number of rotatable bonds is 2. The van der Waals surface area contributed by atoms with E-state index in [4.69, 9.17) is 9.90 Å². The molecule has 3 heterocycles. The first-order valence-corrected chi connectivity index (χ1v) is 9.35. The SMILES string of the molecule is O=C(O)C(F)(F)F.O=C1CCC(N2Cc3c(cccc3C3=CC=NCC3)C2=O)C(=O)N1. The van der Waals surface area contributed by atoms with E-state index in [1.54, 1.807) is 11.1 Å². The van der Waals surface area contributed by atoms with Gasteiger partial charge in [-0.15, -0.1) is 0 Å². The van der Waals surface area contributed by atoms with Gasteiger partial charge in [0.2, 0.25) is 11.8 Å². The minimum Gasteiger partial charge on any atom is -0.475 e. The molecule has 2 N–H and O–H groups in total. The van der Waals surface area contributed by atoms with Gasteiger partial charge in [0.1, 0.15) is 6.04 Å². The highest BCUT2D eigenvalue weighted by molar-refractivity contribution is 6.06. The van der Waals surface area contributed by atoms with Crippen molar-refractivity contribution in [1.29, 1.82) is 0 Å². The van der Waals surface area contributed by atoms with E-state index in [2.05, 4.69) is 10.3 Å². The number of alkyl halides is 3. The predicted molar refractivity (Wildman–Crippen MR) is 102 cm³/mol. The molecule has 1 saturated heterocycles. The van der Waals surface area contributed by atoms with Crippen LogP contribution in [-0.4, -0.2) is 58.7 Å². The number of allylic oxidation sites excluding steroid dienone is 1. The van der Waals surface area contributed by atoms with E-state index >= 15 is 0 Å². The van der Waals surface area contributed by atoms with Gasteiger partial charge in [0.25, 0.3) is 5.91 Å². The van der Waals surface area contributed by atoms with Gasteiger partial charge in [0.15, 0.2) is 0 Å². The van der Waals surface area contributed by atoms with Gasteiger partial charge in [0, 0.05) is 31.3 Å². The van der Waals surface area contributed by atoms with Gasteiger partial charge in [-0.25, -0.2) is 4.79 Å². The normalized spacial score (nSPS) is 20.5. The molecule has 164 valence electrons. The predicted octanol–water partition coefficient (Wildman–Crippen LogP) is 1.94. The van der Waals surface area contributed by atoms with E-state index in [1.165, 1.54) is 5.57 Å². The summed E-state index contributed by atoms with van der Waals surface area (Å²) in [7, 11) is 0. The van der Waals surface area contributed by atoms with Gasteiger partial charge in [0.05, 0.1) is 0 Å². The van der Waals surface area contributed by atoms with E-state index in [9.17, 15) is 27.6 Å². The van der Waals surface area contributed by atoms with Crippen LogP contribution in [-0.2, 0) is 20.9 Å². The van der Waals surface area contributed by atoms with Crippen molar-refractivity contribution in [2.45, 2.75) is 38.0 Å². The fraction of sp³-hybridized carbons (Fsp3) is 0.350. The molecule has 1 aromatic rings. The Labute approximate surface area is 174 Å². The van der Waals surface area contributed by atoms with Gasteiger partial charge >= 0.3 is 12.1 Å². The van der Waals surface area contributed by atoms with Crippen LogP contribution in [0.3, 0.4) is 0 Å². The Balaban J connectivity index is 0.000000339. The summed E-state index contributed by atoms with van der Waals surface area (Å²) in [5, 5.41) is 9.46. The number of nitrogens with zero attached hydrogens (tertiary/aromatic N) is 2. The van der Waals surface area contributed by atoms with Crippen molar-refractivity contribution in [3.8, 4) is 0 Å². The molecular weight excluding hydrogens is 419 g/mol. The van der Waals surface area contributed by atoms with E-state index < -0.39 is 18.2 Å². The number of carbonyl (C=O) groups is 4. The molecule has 1 unspecified atom stereocenters. The van der Waals surface area contributed by atoms with Crippen molar-refractivity contribution >= 4 is 35.5 Å². The second-order valence-electron chi connectivity index (χ2n) is 7.03. The number of hydrogen-bond acceptors (Lipinski definition) is 5. The fourth-order valence-corrected chi connectivity index (χ4v) is 3.60. The molecule has 0 aromatic heterocycles. The third-order valence-corrected chi connectivity index (χ3v) is 5.06. The summed E-state index contributed by atoms with van der Waals surface area (Å²) in [5.41, 5.74) is 3.84. The minimum atomic E-state index is -5.08. The number of benzene rings is 1. The first kappa shape index (κ1) is 22.2. The highest BCUT2D eigenvalue weighted by atomic mass is 19.4. The molecular formula is C20H18F3N3O5. The highest BCUT2D eigenvalue weighted by Crippen LogP contribution is 2.34. The van der Waals surface area contributed by atoms with Crippen molar-refractivity contribution < 1.29 is 37.5 Å². The van der Waals surface area contributed by atoms with Gasteiger partial charge in [-0.05, 0) is 41.7 Å². The van der Waals surface area contributed by atoms with Crippen LogP contribution in [0.25, 0.3) is 5.57 Å². The molecule has 3 amide bonds. The average Bonchev–Trinajstić information content (AvgIpc) is 3.05. The number of carbonyl (C=O) groups excluding carboxylic acids is 3. The molecule has 1 aromatic carbocycles. The number of carboxylic acids is 1. The van der Waals surface area contributed by atoms with Crippen LogP contribution in [0.5, 0.6) is 0 Å². The smallest absolute Gasteiger partial charge is 0.475 e. The lowest BCUT2D eigenvalue weighted by atomic mass is 9.94. The molecule has 0 aliphatic carbocycles. The molecule has 1 fully saturated rings. The summed E-state index contributed by atoms with van der Waals surface area (Å²) < 4.78 is 31.7. The molecule has 11 heteroatoms. The van der Waals surface area contributed by atoms with Crippen LogP contribution in [0, 0.1) is 0 Å². The molecule has 0 bridgehead atoms. The number of carboxylic acid groups (broad SMARTS) is 1. The van der Waals surface area contributed by atoms with Crippen LogP contribution < -0.4 is 5.32 Å². The lowest BCUT2D eigenvalue weighted by Gasteiger charge is -2.29. The number of fused-ring (bicyclic) bond motifs is 1. The molecule has 1 atom stereocenters. The first-order chi connectivity index (χ1) is 14.6. The van der Waals surface area contributed by atoms with Crippen LogP contribution in [0.1, 0.15) is 40.7 Å². The van der Waals surface area contributed by atoms with Crippen molar-refractivity contribution in [2.75, 3.05) is 6.54 Å². The van der Waals surface area contributed by atoms with Crippen molar-refractivity contribution in [1.82, 2.24) is 10.2 Å². The van der Waals surface area contributed by atoms with E-state index in [0.717, 1.165) is 24.1 Å². The maximum atomic E-state index is 12.8. The molecule has 4 rings (SSSR count). The lowest BCUT2D eigenvalue weighted by Crippen LogP contribution is -2.52. The Morgan fingerprint density at radius 1 is 1.16 bits per heavy atom. The Morgan fingerprint density at radius 2 is 1.84 bits per heavy atom. The quantitative estimate of drug-likeness (QED) is 0.686. The van der Waals surface area contributed by atoms with Crippen LogP contribution in [0.15, 0.2) is 29.3 Å². The van der Waals surface area contributed by atoms with Gasteiger partial charge in [-0.1, -0.05) is 12.1 Å². The monoisotopic (exact) mass is 437 g/mol. The maximum absolute atomic E-state index is 12.8. The van der Waals surface area contributed by atoms with Crippen LogP contribution >= 0.6 is 0 Å². The third-order valence-electron chi connectivity index (χ3n) is 5.06. The zero-order chi connectivity index (χ0) is 22.8. The second-order valence-corrected chi connectivity index (χ2v) is 7.03. The molecule has 0 spiro atoms. The Morgan fingerprint density at radius 3 is 2.42 bits per heavy atom. The summed E-state index contributed by atoms with van der Waals surface area (Å²) in [4.78, 5) is 50.9. The van der Waals surface area contributed by atoms with E-state index in [1.807, 2.05) is 24.3 Å². The number of dihydropyridines is 1. The van der Waals surface area contributed by atoms with Gasteiger partial charge < -0.3 is 10.0 Å². The number of nitrogens with one attached hydrogen (secondary N) is 1. The lowest BCUT2D eigenvalue weighted by molar-refractivity contribution is -0.192. The van der Waals surface area contributed by atoms with Crippen LogP contribution in [0.4, 0.5) is 13.2 Å². The zero-order valence-electron chi connectivity index (χ0n) is 16.1. The second kappa shape index (κ2) is 8.70. The molecule has 31 heavy (non-hydrogen) atoms. The Kier molecular flexibility index (Phi) is 6.23. The standard InChI is InChI=1S/C18H17N3O3.C2HF3O2/c22-16-5-4-15(17(23)20-16)21-10-14-12(11-6-8-19-9-7-11)2-1-3-13(14)18(21)24;3-2(4,5)1(6)7/h1-3,6,8,15H,4-5,7,9-10H2,(H,20,22,23);(H,6,7). The fourth-order valence-electron chi connectivity index (χ4n) is 3.60. The number of piperidine rings is 1. The number of aliphatic carboxylic acids is 1. The number of aliphatic imine (C=N–C) groups is 1. The summed E-state index contributed by atoms with van der Waals surface area (Å²) in [5.74, 6) is -3.54. The van der Waals surface area contributed by atoms with E-state index in [0.29, 0.717) is 18.5 Å². The van der Waals surface area contributed by atoms with Gasteiger partial charge in [-0.2, -0.15) is 13.2 Å². The maximum Gasteiger partial charge on any atom is 0.490 e. The van der Waals surface area contributed by atoms with Gasteiger partial charge in [-0.3, -0.25) is 24.7 Å². The largest absolute Gasteiger partial charge is 0.490 e. The summed E-state index contributed by atoms with van der Waals surface area (Å²) >= 11 is 0. The number of halogens is 3. The van der Waals surface area contributed by atoms with Crippen molar-refractivity contribution in [3.05, 3.63) is 41.0 Å². The summed E-state index contributed by atoms with van der Waals surface area (Å²) in [6.45, 7) is 1.16. The Bertz CT molecular complexity index is 1000. The molecule has 8 nitrogen and oxygen atoms in total. The number of imide groups is 1. The van der Waals surface area contributed by atoms with Crippen molar-refractivity contribution in [3.63, 3.8) is 0 Å². The molecule has 3 aliphatic heterocycles. The average molecular weight is 437 g/mol. The number of hydrogen-bond donors (Lipinski definition) is 2. The summed E-state index contributed by atoms with van der Waals surface area (Å²) in [6, 6.07) is 5.14. The minimum absolute atomic E-state index is 0.133. The molecule has 0 saturated carbocycles. The van der Waals surface area contributed by atoms with E-state index in [-0.39, 0.29) is 24.1 Å². The number of amides is 3. The third kappa shape index (κ3) is 4.81. The summed E-state index contributed by atoms with van der Waals surface area (Å²) in [6.07, 6.45) is 0.199. The zero-order valence-corrected chi connectivity index (χ0v) is 16.1. The van der Waals surface area contributed by atoms with Crippen LogP contribution in [0.2, 0.25) is 0 Å². The topological polar surface area (TPSA) is 116 Å². The molecule has 3 aliphatic rings. The molecule has 0 radical (unpaired) electrons. The Hall–Kier alpha value is -3.50.